The van der Waals surface area contributed by atoms with Crippen LogP contribution in [0.3, 0.4) is 0 Å². The van der Waals surface area contributed by atoms with E-state index in [1.807, 2.05) is 0 Å². The molecule has 29 heavy (non-hydrogen) atoms. The Morgan fingerprint density at radius 2 is 2.00 bits per heavy atom. The van der Waals surface area contributed by atoms with Gasteiger partial charge in [0.2, 0.25) is 10.0 Å². The molecule has 0 fully saturated rings. The van der Waals surface area contributed by atoms with Gasteiger partial charge >= 0.3 is 5.97 Å². The molecular formula is C19H20N2O7S. The van der Waals surface area contributed by atoms with E-state index in [0.29, 0.717) is 17.1 Å². The van der Waals surface area contributed by atoms with Gasteiger partial charge in [0.05, 0.1) is 20.3 Å². The maximum atomic E-state index is 12.8. The fourth-order valence-electron chi connectivity index (χ4n) is 2.58. The van der Waals surface area contributed by atoms with E-state index in [1.54, 1.807) is 32.0 Å². The number of nitrogens with one attached hydrogen (secondary N) is 1. The minimum Gasteiger partial charge on any atom is -0.495 e. The van der Waals surface area contributed by atoms with E-state index in [-0.39, 0.29) is 35.3 Å². The lowest BCUT2D eigenvalue weighted by atomic mass is 10.1. The third kappa shape index (κ3) is 4.66. The van der Waals surface area contributed by atoms with Crippen LogP contribution in [0.2, 0.25) is 0 Å². The highest BCUT2D eigenvalue weighted by Gasteiger charge is 2.22. The number of rotatable bonds is 8. The van der Waals surface area contributed by atoms with Crippen molar-refractivity contribution < 1.29 is 31.6 Å². The number of carbonyl (C=O) groups excluding carboxylic acids is 1. The molecule has 0 aliphatic heterocycles. The molecule has 0 aliphatic rings. The number of benzene rings is 1. The molecule has 3 aromatic rings. The molecule has 154 valence electrons. The number of aromatic nitrogens is 1. The highest BCUT2D eigenvalue weighted by Crippen LogP contribution is 2.30. The van der Waals surface area contributed by atoms with Crippen molar-refractivity contribution in [1.29, 1.82) is 0 Å². The number of methoxy groups -OCH3 is 1. The average Bonchev–Trinajstić information content (AvgIpc) is 3.35. The number of nitrogens with zero attached hydrogens (tertiary/aromatic N) is 1. The molecular weight excluding hydrogens is 400 g/mol. The van der Waals surface area contributed by atoms with E-state index in [4.69, 9.17) is 18.4 Å². The zero-order chi connectivity index (χ0) is 21.0. The molecule has 0 bridgehead atoms. The van der Waals surface area contributed by atoms with Crippen molar-refractivity contribution in [2.45, 2.75) is 25.3 Å². The van der Waals surface area contributed by atoms with E-state index in [2.05, 4.69) is 9.88 Å². The zero-order valence-electron chi connectivity index (χ0n) is 16.1. The zero-order valence-corrected chi connectivity index (χ0v) is 16.9. The summed E-state index contributed by atoms with van der Waals surface area (Å²) >= 11 is 0. The standard InChI is InChI=1S/C19H20N2O7S/c1-4-26-19(22)15-10-17(28-21-15)13-6-8-16(25-3)18(9-13)29(23,24)20-11-14-7-5-12(2)27-14/h5-10,20H,4,11H2,1-3H3. The Morgan fingerprint density at radius 3 is 2.66 bits per heavy atom. The molecule has 0 radical (unpaired) electrons. The molecule has 2 heterocycles. The Kier molecular flexibility index (Phi) is 6.04. The smallest absolute Gasteiger partial charge is 0.360 e. The van der Waals surface area contributed by atoms with Crippen molar-refractivity contribution in [3.05, 3.63) is 53.6 Å². The van der Waals surface area contributed by atoms with Crippen molar-refractivity contribution in [3.63, 3.8) is 0 Å². The maximum Gasteiger partial charge on any atom is 0.360 e. The van der Waals surface area contributed by atoms with E-state index >= 15 is 0 Å². The van der Waals surface area contributed by atoms with Crippen molar-refractivity contribution in [3.8, 4) is 17.1 Å². The maximum absolute atomic E-state index is 12.8. The minimum atomic E-state index is -3.93. The van der Waals surface area contributed by atoms with Gasteiger partial charge in [0, 0.05) is 11.6 Å². The van der Waals surface area contributed by atoms with Crippen LogP contribution in [0.5, 0.6) is 5.75 Å². The van der Waals surface area contributed by atoms with Crippen LogP contribution in [0, 0.1) is 6.92 Å². The van der Waals surface area contributed by atoms with Gasteiger partial charge in [0.15, 0.2) is 11.5 Å². The number of hydrogen-bond donors (Lipinski definition) is 1. The first-order valence-corrected chi connectivity index (χ1v) is 10.2. The van der Waals surface area contributed by atoms with Crippen LogP contribution >= 0.6 is 0 Å². The molecule has 0 spiro atoms. The number of carbonyl (C=O) groups is 1. The third-order valence-corrected chi connectivity index (χ3v) is 5.39. The summed E-state index contributed by atoms with van der Waals surface area (Å²) in [7, 11) is -2.56. The number of furan rings is 1. The van der Waals surface area contributed by atoms with Crippen LogP contribution < -0.4 is 9.46 Å². The molecule has 0 aliphatic carbocycles. The molecule has 2 aromatic heterocycles. The monoisotopic (exact) mass is 420 g/mol. The molecule has 0 saturated carbocycles. The van der Waals surface area contributed by atoms with Crippen molar-refractivity contribution >= 4 is 16.0 Å². The van der Waals surface area contributed by atoms with Gasteiger partial charge in [-0.3, -0.25) is 0 Å². The summed E-state index contributed by atoms with van der Waals surface area (Å²) in [6.45, 7) is 3.63. The van der Waals surface area contributed by atoms with Crippen molar-refractivity contribution in [2.24, 2.45) is 0 Å². The Morgan fingerprint density at radius 1 is 1.21 bits per heavy atom. The minimum absolute atomic E-state index is 0.00612. The fourth-order valence-corrected chi connectivity index (χ4v) is 3.76. The molecule has 3 rings (SSSR count). The second kappa shape index (κ2) is 8.50. The van der Waals surface area contributed by atoms with Gasteiger partial charge in [-0.2, -0.15) is 0 Å². The summed E-state index contributed by atoms with van der Waals surface area (Å²) in [5.74, 6) is 0.909. The van der Waals surface area contributed by atoms with Gasteiger partial charge in [-0.15, -0.1) is 0 Å². The molecule has 1 aromatic carbocycles. The Balaban J connectivity index is 1.89. The van der Waals surface area contributed by atoms with Crippen molar-refractivity contribution in [2.75, 3.05) is 13.7 Å². The number of sulfonamides is 1. The Labute approximate surface area is 167 Å². The first-order valence-electron chi connectivity index (χ1n) is 8.71. The van der Waals surface area contributed by atoms with Crippen LogP contribution in [0.25, 0.3) is 11.3 Å². The molecule has 1 N–H and O–H groups in total. The second-order valence-electron chi connectivity index (χ2n) is 6.00. The SMILES string of the molecule is CCOC(=O)c1cc(-c2ccc(OC)c(S(=O)(=O)NCc3ccc(C)o3)c2)on1. The van der Waals surface area contributed by atoms with Gasteiger partial charge in [0.1, 0.15) is 22.2 Å². The summed E-state index contributed by atoms with van der Waals surface area (Å²) in [6.07, 6.45) is 0. The molecule has 0 unspecified atom stereocenters. The first kappa shape index (κ1) is 20.6. The summed E-state index contributed by atoms with van der Waals surface area (Å²) in [5, 5.41) is 3.67. The Hall–Kier alpha value is -3.11. The summed E-state index contributed by atoms with van der Waals surface area (Å²) < 4.78 is 48.7. The molecule has 0 amide bonds. The lowest BCUT2D eigenvalue weighted by Gasteiger charge is -2.11. The highest BCUT2D eigenvalue weighted by molar-refractivity contribution is 7.89. The molecule has 9 nitrogen and oxygen atoms in total. The van der Waals surface area contributed by atoms with Gasteiger partial charge in [0.25, 0.3) is 0 Å². The van der Waals surface area contributed by atoms with Gasteiger partial charge in [-0.1, -0.05) is 5.16 Å². The normalized spacial score (nSPS) is 11.4. The van der Waals surface area contributed by atoms with E-state index in [0.717, 1.165) is 0 Å². The van der Waals surface area contributed by atoms with Crippen LogP contribution in [0.1, 0.15) is 28.9 Å². The molecule has 0 saturated heterocycles. The lowest BCUT2D eigenvalue weighted by molar-refractivity contribution is 0.0514. The van der Waals surface area contributed by atoms with E-state index < -0.39 is 16.0 Å². The first-order chi connectivity index (χ1) is 13.8. The molecule has 10 heteroatoms. The molecule has 0 atom stereocenters. The average molecular weight is 420 g/mol. The van der Waals surface area contributed by atoms with Crippen LogP contribution in [-0.4, -0.2) is 33.3 Å². The predicted octanol–water partition coefficient (Wildman–Crippen LogP) is 2.91. The number of ether oxygens (including phenoxy) is 2. The van der Waals surface area contributed by atoms with Crippen LogP contribution in [0.4, 0.5) is 0 Å². The summed E-state index contributed by atoms with van der Waals surface area (Å²) in [6, 6.07) is 9.29. The predicted molar refractivity (Wildman–Crippen MR) is 102 cm³/mol. The van der Waals surface area contributed by atoms with E-state index in [1.165, 1.54) is 25.3 Å². The van der Waals surface area contributed by atoms with Crippen LogP contribution in [-0.2, 0) is 21.3 Å². The van der Waals surface area contributed by atoms with Gasteiger partial charge in [-0.25, -0.2) is 17.9 Å². The fraction of sp³-hybridized carbons (Fsp3) is 0.263. The topological polar surface area (TPSA) is 121 Å². The largest absolute Gasteiger partial charge is 0.495 e. The third-order valence-electron chi connectivity index (χ3n) is 3.96. The van der Waals surface area contributed by atoms with Gasteiger partial charge < -0.3 is 18.4 Å². The second-order valence-corrected chi connectivity index (χ2v) is 7.73. The van der Waals surface area contributed by atoms with Crippen molar-refractivity contribution in [1.82, 2.24) is 9.88 Å². The summed E-state index contributed by atoms with van der Waals surface area (Å²) in [4.78, 5) is 11.7. The van der Waals surface area contributed by atoms with E-state index in [9.17, 15) is 13.2 Å². The number of esters is 1. The van der Waals surface area contributed by atoms with Gasteiger partial charge in [-0.05, 0) is 44.2 Å². The number of aryl methyl sites for hydroxylation is 1. The van der Waals surface area contributed by atoms with Crippen LogP contribution in [0.15, 0.2) is 50.2 Å². The quantitative estimate of drug-likeness (QED) is 0.552. The highest BCUT2D eigenvalue weighted by atomic mass is 32.2. The Bertz CT molecular complexity index is 1120. The number of hydrogen-bond acceptors (Lipinski definition) is 8. The lowest BCUT2D eigenvalue weighted by Crippen LogP contribution is -2.23. The summed E-state index contributed by atoms with van der Waals surface area (Å²) in [5.41, 5.74) is 0.399.